The summed E-state index contributed by atoms with van der Waals surface area (Å²) in [5, 5.41) is 5.58. The average molecular weight is 400 g/mol. The summed E-state index contributed by atoms with van der Waals surface area (Å²) in [6, 6.07) is 7.92. The molecule has 1 aliphatic heterocycles. The summed E-state index contributed by atoms with van der Waals surface area (Å²) < 4.78 is 43.3. The molecule has 1 aromatic heterocycles. The highest BCUT2D eigenvalue weighted by molar-refractivity contribution is 6.32. The fourth-order valence-electron chi connectivity index (χ4n) is 2.68. The summed E-state index contributed by atoms with van der Waals surface area (Å²) in [6.45, 7) is 0.866. The second kappa shape index (κ2) is 8.14. The number of halogens is 4. The number of anilines is 2. The van der Waals surface area contributed by atoms with Gasteiger partial charge < -0.3 is 15.4 Å². The SMILES string of the molecule is O=C(Nc1cccc(CNc2ncc(C(F)(F)F)cc2Cl)c1)[C@@H]1CCCO1. The Morgan fingerprint density at radius 3 is 2.81 bits per heavy atom. The third kappa shape index (κ3) is 5.11. The molecule has 5 nitrogen and oxygen atoms in total. The van der Waals surface area contributed by atoms with Gasteiger partial charge >= 0.3 is 6.18 Å². The van der Waals surface area contributed by atoms with Crippen molar-refractivity contribution in [1.82, 2.24) is 4.98 Å². The number of pyridine rings is 1. The highest BCUT2D eigenvalue weighted by Gasteiger charge is 2.31. The standard InChI is InChI=1S/C18H17ClF3N3O2/c19-14-8-12(18(20,21)22)10-24-16(14)23-9-11-3-1-4-13(7-11)25-17(26)15-5-2-6-27-15/h1,3-4,7-8,10,15H,2,5-6,9H2,(H,23,24)(H,25,26)/t15-/m0/s1. The van der Waals surface area contributed by atoms with Crippen molar-refractivity contribution in [3.05, 3.63) is 52.7 Å². The number of nitrogens with one attached hydrogen (secondary N) is 2. The zero-order valence-corrected chi connectivity index (χ0v) is 14.9. The summed E-state index contributed by atoms with van der Waals surface area (Å²) in [4.78, 5) is 15.8. The Bertz CT molecular complexity index is 824. The van der Waals surface area contributed by atoms with Crippen LogP contribution in [0.25, 0.3) is 0 Å². The maximum absolute atomic E-state index is 12.6. The van der Waals surface area contributed by atoms with E-state index in [-0.39, 0.29) is 23.3 Å². The minimum Gasteiger partial charge on any atom is -0.368 e. The van der Waals surface area contributed by atoms with Crippen molar-refractivity contribution in [3.8, 4) is 0 Å². The van der Waals surface area contributed by atoms with Gasteiger partial charge in [0.15, 0.2) is 0 Å². The second-order valence-corrected chi connectivity index (χ2v) is 6.50. The van der Waals surface area contributed by atoms with Crippen LogP contribution < -0.4 is 10.6 Å². The normalized spacial score (nSPS) is 17.0. The number of benzene rings is 1. The number of alkyl halides is 3. The molecular formula is C18H17ClF3N3O2. The molecule has 27 heavy (non-hydrogen) atoms. The molecule has 1 aliphatic rings. The highest BCUT2D eigenvalue weighted by Crippen LogP contribution is 2.32. The van der Waals surface area contributed by atoms with E-state index in [0.717, 1.165) is 24.2 Å². The molecule has 2 aromatic rings. The lowest BCUT2D eigenvalue weighted by Crippen LogP contribution is -2.26. The summed E-state index contributed by atoms with van der Waals surface area (Å²) in [5.74, 6) is -0.0384. The molecule has 0 spiro atoms. The van der Waals surface area contributed by atoms with Crippen LogP contribution >= 0.6 is 11.6 Å². The smallest absolute Gasteiger partial charge is 0.368 e. The van der Waals surface area contributed by atoms with Crippen LogP contribution in [0.5, 0.6) is 0 Å². The molecular weight excluding hydrogens is 383 g/mol. The summed E-state index contributed by atoms with van der Waals surface area (Å²) in [7, 11) is 0. The van der Waals surface area contributed by atoms with Crippen LogP contribution in [0.2, 0.25) is 5.02 Å². The van der Waals surface area contributed by atoms with Crippen molar-refractivity contribution < 1.29 is 22.7 Å². The lowest BCUT2D eigenvalue weighted by Gasteiger charge is -2.13. The van der Waals surface area contributed by atoms with Crippen LogP contribution in [0.3, 0.4) is 0 Å². The van der Waals surface area contributed by atoms with Gasteiger partial charge in [-0.15, -0.1) is 0 Å². The molecule has 0 bridgehead atoms. The summed E-state index contributed by atoms with van der Waals surface area (Å²) >= 11 is 5.88. The van der Waals surface area contributed by atoms with Crippen molar-refractivity contribution in [2.24, 2.45) is 0 Å². The van der Waals surface area contributed by atoms with Gasteiger partial charge in [-0.2, -0.15) is 13.2 Å². The van der Waals surface area contributed by atoms with Gasteiger partial charge in [-0.3, -0.25) is 4.79 Å². The maximum Gasteiger partial charge on any atom is 0.417 e. The van der Waals surface area contributed by atoms with Crippen molar-refractivity contribution in [2.45, 2.75) is 31.7 Å². The first-order valence-corrected chi connectivity index (χ1v) is 8.69. The van der Waals surface area contributed by atoms with E-state index in [1.807, 2.05) is 6.07 Å². The molecule has 2 N–H and O–H groups in total. The molecule has 1 fully saturated rings. The molecule has 0 saturated carbocycles. The Morgan fingerprint density at radius 1 is 1.33 bits per heavy atom. The van der Waals surface area contributed by atoms with E-state index >= 15 is 0 Å². The van der Waals surface area contributed by atoms with E-state index in [0.29, 0.717) is 18.7 Å². The zero-order chi connectivity index (χ0) is 19.4. The molecule has 1 saturated heterocycles. The fraction of sp³-hybridized carbons (Fsp3) is 0.333. The molecule has 0 aliphatic carbocycles. The molecule has 0 unspecified atom stereocenters. The fourth-order valence-corrected chi connectivity index (χ4v) is 2.91. The van der Waals surface area contributed by atoms with Crippen LogP contribution in [0, 0.1) is 0 Å². The van der Waals surface area contributed by atoms with E-state index in [4.69, 9.17) is 16.3 Å². The number of carbonyl (C=O) groups excluding carboxylic acids is 1. The molecule has 1 amide bonds. The average Bonchev–Trinajstić information content (AvgIpc) is 3.15. The van der Waals surface area contributed by atoms with E-state index in [1.165, 1.54) is 0 Å². The van der Waals surface area contributed by atoms with Gasteiger partial charge in [-0.05, 0) is 36.6 Å². The monoisotopic (exact) mass is 399 g/mol. The Balaban J connectivity index is 1.62. The number of amides is 1. The van der Waals surface area contributed by atoms with Crippen molar-refractivity contribution >= 4 is 29.0 Å². The predicted octanol–water partition coefficient (Wildman–Crippen LogP) is 4.48. The first-order chi connectivity index (χ1) is 12.8. The molecule has 1 aromatic carbocycles. The first-order valence-electron chi connectivity index (χ1n) is 8.31. The second-order valence-electron chi connectivity index (χ2n) is 6.10. The number of ether oxygens (including phenoxy) is 1. The van der Waals surface area contributed by atoms with Crippen molar-refractivity contribution in [3.63, 3.8) is 0 Å². The largest absolute Gasteiger partial charge is 0.417 e. The summed E-state index contributed by atoms with van der Waals surface area (Å²) in [5.41, 5.74) is 0.510. The minimum atomic E-state index is -4.50. The lowest BCUT2D eigenvalue weighted by molar-refractivity contribution is -0.137. The third-order valence-electron chi connectivity index (χ3n) is 4.05. The summed E-state index contributed by atoms with van der Waals surface area (Å²) in [6.07, 6.45) is -2.63. The third-order valence-corrected chi connectivity index (χ3v) is 4.33. The Kier molecular flexibility index (Phi) is 5.86. The van der Waals surface area contributed by atoms with E-state index in [2.05, 4.69) is 15.6 Å². The lowest BCUT2D eigenvalue weighted by atomic mass is 10.2. The Hall–Kier alpha value is -2.32. The molecule has 144 valence electrons. The number of aromatic nitrogens is 1. The number of rotatable bonds is 5. The topological polar surface area (TPSA) is 63.2 Å². The van der Waals surface area contributed by atoms with Gasteiger partial charge in [-0.1, -0.05) is 23.7 Å². The number of hydrogen-bond donors (Lipinski definition) is 2. The van der Waals surface area contributed by atoms with Gasteiger partial charge in [0.05, 0.1) is 10.6 Å². The first kappa shape index (κ1) is 19.4. The van der Waals surface area contributed by atoms with Gasteiger partial charge in [0.1, 0.15) is 11.9 Å². The number of nitrogens with zero attached hydrogens (tertiary/aromatic N) is 1. The molecule has 9 heteroatoms. The van der Waals surface area contributed by atoms with Crippen LogP contribution in [0.1, 0.15) is 24.0 Å². The minimum absolute atomic E-state index is 0.118. The van der Waals surface area contributed by atoms with E-state index < -0.39 is 17.8 Å². The maximum atomic E-state index is 12.6. The zero-order valence-electron chi connectivity index (χ0n) is 14.1. The van der Waals surface area contributed by atoms with E-state index in [1.54, 1.807) is 18.2 Å². The van der Waals surface area contributed by atoms with Crippen molar-refractivity contribution in [1.29, 1.82) is 0 Å². The van der Waals surface area contributed by atoms with Crippen LogP contribution in [0.15, 0.2) is 36.5 Å². The Labute approximate surface area is 158 Å². The van der Waals surface area contributed by atoms with Crippen LogP contribution in [-0.4, -0.2) is 23.6 Å². The van der Waals surface area contributed by atoms with Gasteiger partial charge in [-0.25, -0.2) is 4.98 Å². The molecule has 3 rings (SSSR count). The predicted molar refractivity (Wildman–Crippen MR) is 95.6 cm³/mol. The number of hydrogen-bond acceptors (Lipinski definition) is 4. The molecule has 0 radical (unpaired) electrons. The highest BCUT2D eigenvalue weighted by atomic mass is 35.5. The van der Waals surface area contributed by atoms with Gasteiger partial charge in [0.25, 0.3) is 5.91 Å². The van der Waals surface area contributed by atoms with Gasteiger partial charge in [0.2, 0.25) is 0 Å². The number of carbonyl (C=O) groups is 1. The van der Waals surface area contributed by atoms with Crippen LogP contribution in [0.4, 0.5) is 24.7 Å². The Morgan fingerprint density at radius 2 is 2.15 bits per heavy atom. The van der Waals surface area contributed by atoms with E-state index in [9.17, 15) is 18.0 Å². The molecule has 1 atom stereocenters. The van der Waals surface area contributed by atoms with Crippen LogP contribution in [-0.2, 0) is 22.3 Å². The quantitative estimate of drug-likeness (QED) is 0.778. The van der Waals surface area contributed by atoms with Gasteiger partial charge in [0, 0.05) is 25.0 Å². The molecule has 2 heterocycles. The van der Waals surface area contributed by atoms with Crippen molar-refractivity contribution in [2.75, 3.05) is 17.2 Å².